The van der Waals surface area contributed by atoms with E-state index in [0.717, 1.165) is 5.01 Å². The van der Waals surface area contributed by atoms with Crippen LogP contribution in [0.5, 0.6) is 5.75 Å². The van der Waals surface area contributed by atoms with Crippen LogP contribution in [0.2, 0.25) is 5.02 Å². The third-order valence-electron chi connectivity index (χ3n) is 3.64. The Morgan fingerprint density at radius 1 is 1.19 bits per heavy atom. The standard InChI is InChI=1S/C19H16ClFN2O2S/c20-17-10-15(21)7-6-14(17)11-23(12-18-22-8-9-26-18)19(24)13-25-16-4-2-1-3-5-16/h1-10H,11-13H2. The molecule has 0 saturated carbocycles. The lowest BCUT2D eigenvalue weighted by molar-refractivity contribution is -0.134. The number of carbonyl (C=O) groups excluding carboxylic acids is 1. The maximum absolute atomic E-state index is 13.3. The highest BCUT2D eigenvalue weighted by molar-refractivity contribution is 7.09. The van der Waals surface area contributed by atoms with E-state index in [2.05, 4.69) is 4.98 Å². The van der Waals surface area contributed by atoms with Crippen molar-refractivity contribution in [3.8, 4) is 5.75 Å². The smallest absolute Gasteiger partial charge is 0.261 e. The van der Waals surface area contributed by atoms with Gasteiger partial charge < -0.3 is 9.64 Å². The first kappa shape index (κ1) is 18.4. The van der Waals surface area contributed by atoms with Gasteiger partial charge in [-0.15, -0.1) is 11.3 Å². The predicted octanol–water partition coefficient (Wildman–Crippen LogP) is 4.54. The molecule has 0 N–H and O–H groups in total. The van der Waals surface area contributed by atoms with Crippen LogP contribution in [0.4, 0.5) is 4.39 Å². The van der Waals surface area contributed by atoms with Gasteiger partial charge >= 0.3 is 0 Å². The van der Waals surface area contributed by atoms with Crippen LogP contribution >= 0.6 is 22.9 Å². The molecule has 1 amide bonds. The van der Waals surface area contributed by atoms with Crippen molar-refractivity contribution < 1.29 is 13.9 Å². The van der Waals surface area contributed by atoms with E-state index < -0.39 is 5.82 Å². The van der Waals surface area contributed by atoms with Crippen molar-refractivity contribution in [2.75, 3.05) is 6.61 Å². The molecule has 0 aliphatic heterocycles. The van der Waals surface area contributed by atoms with Crippen molar-refractivity contribution in [2.24, 2.45) is 0 Å². The first-order valence-electron chi connectivity index (χ1n) is 7.90. The first-order valence-corrected chi connectivity index (χ1v) is 9.15. The Kier molecular flexibility index (Phi) is 6.20. The molecule has 0 bridgehead atoms. The number of para-hydroxylation sites is 1. The summed E-state index contributed by atoms with van der Waals surface area (Å²) >= 11 is 7.57. The SMILES string of the molecule is O=C(COc1ccccc1)N(Cc1nccs1)Cc1ccc(F)cc1Cl. The molecular weight excluding hydrogens is 375 g/mol. The molecule has 0 spiro atoms. The highest BCUT2D eigenvalue weighted by Gasteiger charge is 2.18. The van der Waals surface area contributed by atoms with E-state index in [1.54, 1.807) is 29.3 Å². The number of aromatic nitrogens is 1. The van der Waals surface area contributed by atoms with E-state index in [1.807, 2.05) is 23.6 Å². The van der Waals surface area contributed by atoms with Crippen LogP contribution in [0.1, 0.15) is 10.6 Å². The van der Waals surface area contributed by atoms with Crippen molar-refractivity contribution >= 4 is 28.8 Å². The summed E-state index contributed by atoms with van der Waals surface area (Å²) in [4.78, 5) is 18.5. The summed E-state index contributed by atoms with van der Waals surface area (Å²) in [7, 11) is 0. The topological polar surface area (TPSA) is 42.4 Å². The quantitative estimate of drug-likeness (QED) is 0.594. The van der Waals surface area contributed by atoms with Crippen LogP contribution < -0.4 is 4.74 Å². The second-order valence-corrected chi connectivity index (χ2v) is 6.90. The molecule has 7 heteroatoms. The minimum absolute atomic E-state index is 0.103. The summed E-state index contributed by atoms with van der Waals surface area (Å²) in [6.07, 6.45) is 1.69. The van der Waals surface area contributed by atoms with Crippen molar-refractivity contribution in [3.05, 3.63) is 81.5 Å². The van der Waals surface area contributed by atoms with Gasteiger partial charge in [0.2, 0.25) is 0 Å². The molecule has 0 aliphatic carbocycles. The van der Waals surface area contributed by atoms with E-state index in [0.29, 0.717) is 17.9 Å². The maximum atomic E-state index is 13.3. The van der Waals surface area contributed by atoms with E-state index in [1.165, 1.54) is 23.5 Å². The number of hydrogen-bond acceptors (Lipinski definition) is 4. The average Bonchev–Trinajstić information content (AvgIpc) is 3.15. The number of hydrogen-bond donors (Lipinski definition) is 0. The molecule has 0 radical (unpaired) electrons. The van der Waals surface area contributed by atoms with Gasteiger partial charge in [0, 0.05) is 23.1 Å². The van der Waals surface area contributed by atoms with Crippen molar-refractivity contribution in [1.82, 2.24) is 9.88 Å². The summed E-state index contributed by atoms with van der Waals surface area (Å²) in [6, 6.07) is 13.3. The fraction of sp³-hybridized carbons (Fsp3) is 0.158. The van der Waals surface area contributed by atoms with Gasteiger partial charge in [-0.1, -0.05) is 35.9 Å². The van der Waals surface area contributed by atoms with Gasteiger partial charge in [0.1, 0.15) is 16.6 Å². The second-order valence-electron chi connectivity index (χ2n) is 5.51. The molecule has 3 aromatic rings. The highest BCUT2D eigenvalue weighted by Crippen LogP contribution is 2.21. The van der Waals surface area contributed by atoms with Gasteiger partial charge in [0.25, 0.3) is 5.91 Å². The van der Waals surface area contributed by atoms with Crippen LogP contribution in [-0.2, 0) is 17.9 Å². The van der Waals surface area contributed by atoms with Gasteiger partial charge in [-0.25, -0.2) is 9.37 Å². The molecule has 4 nitrogen and oxygen atoms in total. The number of benzene rings is 2. The van der Waals surface area contributed by atoms with Gasteiger partial charge in [-0.2, -0.15) is 0 Å². The Morgan fingerprint density at radius 3 is 2.69 bits per heavy atom. The summed E-state index contributed by atoms with van der Waals surface area (Å²) in [5.41, 5.74) is 0.665. The number of carbonyl (C=O) groups is 1. The van der Waals surface area contributed by atoms with Crippen molar-refractivity contribution in [2.45, 2.75) is 13.1 Å². The van der Waals surface area contributed by atoms with E-state index in [-0.39, 0.29) is 24.1 Å². The molecule has 0 atom stereocenters. The minimum Gasteiger partial charge on any atom is -0.484 e. The zero-order valence-electron chi connectivity index (χ0n) is 13.8. The minimum atomic E-state index is -0.413. The monoisotopic (exact) mass is 390 g/mol. The summed E-state index contributed by atoms with van der Waals surface area (Å²) < 4.78 is 18.8. The lowest BCUT2D eigenvalue weighted by atomic mass is 10.2. The molecular formula is C19H16ClFN2O2S. The normalized spacial score (nSPS) is 10.5. The molecule has 26 heavy (non-hydrogen) atoms. The molecule has 0 aliphatic rings. The molecule has 1 aromatic heterocycles. The maximum Gasteiger partial charge on any atom is 0.261 e. The third kappa shape index (κ3) is 5.03. The fourth-order valence-corrected chi connectivity index (χ4v) is 3.19. The summed E-state index contributed by atoms with van der Waals surface area (Å²) in [5.74, 6) is 0.00303. The van der Waals surface area contributed by atoms with Crippen molar-refractivity contribution in [3.63, 3.8) is 0 Å². The van der Waals surface area contributed by atoms with Crippen LogP contribution in [-0.4, -0.2) is 22.4 Å². The Morgan fingerprint density at radius 2 is 2.00 bits per heavy atom. The van der Waals surface area contributed by atoms with Crippen LogP contribution in [0.15, 0.2) is 60.1 Å². The molecule has 2 aromatic carbocycles. The number of rotatable bonds is 7. The number of nitrogens with zero attached hydrogens (tertiary/aromatic N) is 2. The number of ether oxygens (including phenoxy) is 1. The molecule has 134 valence electrons. The van der Waals surface area contributed by atoms with Crippen LogP contribution in [0.3, 0.4) is 0 Å². The Bertz CT molecular complexity index is 859. The molecule has 3 rings (SSSR count). The van der Waals surface area contributed by atoms with Crippen LogP contribution in [0, 0.1) is 5.82 Å². The van der Waals surface area contributed by atoms with E-state index in [9.17, 15) is 9.18 Å². The molecule has 1 heterocycles. The largest absolute Gasteiger partial charge is 0.484 e. The first-order chi connectivity index (χ1) is 12.6. The Labute approximate surface area is 159 Å². The second kappa shape index (κ2) is 8.78. The third-order valence-corrected chi connectivity index (χ3v) is 4.76. The van der Waals surface area contributed by atoms with Crippen molar-refractivity contribution in [1.29, 1.82) is 0 Å². The molecule has 0 unspecified atom stereocenters. The number of thiazole rings is 1. The lowest BCUT2D eigenvalue weighted by Crippen LogP contribution is -2.34. The Balaban J connectivity index is 1.72. The van der Waals surface area contributed by atoms with Gasteiger partial charge in [-0.3, -0.25) is 4.79 Å². The number of amides is 1. The zero-order chi connectivity index (χ0) is 18.4. The van der Waals surface area contributed by atoms with E-state index in [4.69, 9.17) is 16.3 Å². The van der Waals surface area contributed by atoms with Crippen LogP contribution in [0.25, 0.3) is 0 Å². The predicted molar refractivity (Wildman–Crippen MR) is 99.7 cm³/mol. The zero-order valence-corrected chi connectivity index (χ0v) is 15.3. The lowest BCUT2D eigenvalue weighted by Gasteiger charge is -2.22. The number of halogens is 2. The Hall–Kier alpha value is -2.44. The summed E-state index contributed by atoms with van der Waals surface area (Å²) in [6.45, 7) is 0.478. The summed E-state index contributed by atoms with van der Waals surface area (Å²) in [5, 5.41) is 2.94. The molecule has 0 saturated heterocycles. The van der Waals surface area contributed by atoms with Gasteiger partial charge in [0.15, 0.2) is 6.61 Å². The van der Waals surface area contributed by atoms with Gasteiger partial charge in [-0.05, 0) is 29.8 Å². The fourth-order valence-electron chi connectivity index (χ4n) is 2.34. The highest BCUT2D eigenvalue weighted by atomic mass is 35.5. The molecule has 0 fully saturated rings. The average molecular weight is 391 g/mol. The van der Waals surface area contributed by atoms with Gasteiger partial charge in [0.05, 0.1) is 6.54 Å². The van der Waals surface area contributed by atoms with E-state index >= 15 is 0 Å².